The lowest BCUT2D eigenvalue weighted by Crippen LogP contribution is -2.06. The SMILES string of the molecule is CNCc1ccc(-c2cccc(OC(C)C)c2)c(F)c1. The van der Waals surface area contributed by atoms with Gasteiger partial charge >= 0.3 is 0 Å². The van der Waals surface area contributed by atoms with Crippen LogP contribution in [0.2, 0.25) is 0 Å². The molecule has 0 unspecified atom stereocenters. The maximum atomic E-state index is 14.2. The summed E-state index contributed by atoms with van der Waals surface area (Å²) >= 11 is 0. The van der Waals surface area contributed by atoms with E-state index < -0.39 is 0 Å². The van der Waals surface area contributed by atoms with Crippen LogP contribution >= 0.6 is 0 Å². The molecule has 0 saturated heterocycles. The minimum absolute atomic E-state index is 0.105. The van der Waals surface area contributed by atoms with E-state index in [1.54, 1.807) is 6.07 Å². The van der Waals surface area contributed by atoms with Gasteiger partial charge in [0.15, 0.2) is 0 Å². The maximum Gasteiger partial charge on any atom is 0.131 e. The number of nitrogens with one attached hydrogen (secondary N) is 1. The molecule has 2 rings (SSSR count). The van der Waals surface area contributed by atoms with Crippen LogP contribution in [-0.4, -0.2) is 13.2 Å². The van der Waals surface area contributed by atoms with Gasteiger partial charge in [0.1, 0.15) is 11.6 Å². The summed E-state index contributed by atoms with van der Waals surface area (Å²) in [6.07, 6.45) is 0.105. The molecule has 3 heteroatoms. The predicted octanol–water partition coefficient (Wildman–Crippen LogP) is 4.00. The molecule has 2 nitrogen and oxygen atoms in total. The van der Waals surface area contributed by atoms with Gasteiger partial charge in [0.05, 0.1) is 6.10 Å². The molecule has 0 spiro atoms. The molecule has 0 atom stereocenters. The van der Waals surface area contributed by atoms with Crippen LogP contribution in [0.3, 0.4) is 0 Å². The molecule has 0 aliphatic carbocycles. The van der Waals surface area contributed by atoms with Gasteiger partial charge in [-0.15, -0.1) is 0 Å². The third-order valence-electron chi connectivity index (χ3n) is 2.93. The second-order valence-electron chi connectivity index (χ2n) is 5.04. The first-order valence-electron chi connectivity index (χ1n) is 6.80. The van der Waals surface area contributed by atoms with Crippen LogP contribution in [0.25, 0.3) is 11.1 Å². The first-order valence-corrected chi connectivity index (χ1v) is 6.80. The van der Waals surface area contributed by atoms with Crippen molar-refractivity contribution in [2.75, 3.05) is 7.05 Å². The quantitative estimate of drug-likeness (QED) is 0.889. The molecule has 0 bridgehead atoms. The normalized spacial score (nSPS) is 10.8. The minimum Gasteiger partial charge on any atom is -0.491 e. The van der Waals surface area contributed by atoms with E-state index in [2.05, 4.69) is 5.32 Å². The van der Waals surface area contributed by atoms with E-state index in [4.69, 9.17) is 4.74 Å². The summed E-state index contributed by atoms with van der Waals surface area (Å²) in [5, 5.41) is 3.01. The monoisotopic (exact) mass is 273 g/mol. The van der Waals surface area contributed by atoms with Crippen LogP contribution in [0.15, 0.2) is 42.5 Å². The highest BCUT2D eigenvalue weighted by Gasteiger charge is 2.07. The molecule has 0 aromatic heterocycles. The molecular formula is C17H20FNO. The van der Waals surface area contributed by atoms with E-state index in [-0.39, 0.29) is 11.9 Å². The van der Waals surface area contributed by atoms with Gasteiger partial charge in [0.2, 0.25) is 0 Å². The summed E-state index contributed by atoms with van der Waals surface area (Å²) in [6.45, 7) is 4.60. The van der Waals surface area contributed by atoms with Gasteiger partial charge in [-0.05, 0) is 50.2 Å². The van der Waals surface area contributed by atoms with Crippen molar-refractivity contribution in [3.05, 3.63) is 53.8 Å². The van der Waals surface area contributed by atoms with Gasteiger partial charge in [-0.3, -0.25) is 0 Å². The van der Waals surface area contributed by atoms with Gasteiger partial charge in [-0.1, -0.05) is 24.3 Å². The third kappa shape index (κ3) is 3.58. The molecule has 0 fully saturated rings. The Morgan fingerprint density at radius 3 is 2.60 bits per heavy atom. The van der Waals surface area contributed by atoms with Crippen LogP contribution in [-0.2, 0) is 6.54 Å². The summed E-state index contributed by atoms with van der Waals surface area (Å²) < 4.78 is 19.8. The van der Waals surface area contributed by atoms with E-state index in [9.17, 15) is 4.39 Å². The fraction of sp³-hybridized carbons (Fsp3) is 0.294. The van der Waals surface area contributed by atoms with Crippen LogP contribution in [0.5, 0.6) is 5.75 Å². The molecule has 2 aromatic rings. The largest absolute Gasteiger partial charge is 0.491 e. The average Bonchev–Trinajstić information content (AvgIpc) is 2.38. The Morgan fingerprint density at radius 1 is 1.15 bits per heavy atom. The standard InChI is InChI=1S/C17H20FNO/c1-12(2)20-15-6-4-5-14(10-15)16-8-7-13(11-19-3)9-17(16)18/h4-10,12,19H,11H2,1-3H3. The number of hydrogen-bond donors (Lipinski definition) is 1. The van der Waals surface area contributed by atoms with Gasteiger partial charge < -0.3 is 10.1 Å². The molecular weight excluding hydrogens is 253 g/mol. The molecule has 0 radical (unpaired) electrons. The van der Waals surface area contributed by atoms with Crippen LogP contribution in [0.4, 0.5) is 4.39 Å². The summed E-state index contributed by atoms with van der Waals surface area (Å²) in [4.78, 5) is 0. The summed E-state index contributed by atoms with van der Waals surface area (Å²) in [5.74, 6) is 0.552. The van der Waals surface area contributed by atoms with Gasteiger partial charge in [-0.2, -0.15) is 0 Å². The number of hydrogen-bond acceptors (Lipinski definition) is 2. The third-order valence-corrected chi connectivity index (χ3v) is 2.93. The zero-order chi connectivity index (χ0) is 14.5. The number of ether oxygens (including phenoxy) is 1. The van der Waals surface area contributed by atoms with Crippen molar-refractivity contribution in [1.29, 1.82) is 0 Å². The predicted molar refractivity (Wildman–Crippen MR) is 80.4 cm³/mol. The molecule has 0 saturated carbocycles. The molecule has 0 aliphatic rings. The lowest BCUT2D eigenvalue weighted by molar-refractivity contribution is 0.242. The molecule has 0 heterocycles. The summed E-state index contributed by atoms with van der Waals surface area (Å²) in [7, 11) is 1.85. The average molecular weight is 273 g/mol. The Labute approximate surface area is 119 Å². The van der Waals surface area contributed by atoms with Crippen molar-refractivity contribution < 1.29 is 9.13 Å². The van der Waals surface area contributed by atoms with Gasteiger partial charge in [-0.25, -0.2) is 4.39 Å². The van der Waals surface area contributed by atoms with Crippen molar-refractivity contribution in [3.63, 3.8) is 0 Å². The highest BCUT2D eigenvalue weighted by atomic mass is 19.1. The minimum atomic E-state index is -0.209. The fourth-order valence-electron chi connectivity index (χ4n) is 2.12. The maximum absolute atomic E-state index is 14.2. The highest BCUT2D eigenvalue weighted by molar-refractivity contribution is 5.66. The second-order valence-corrected chi connectivity index (χ2v) is 5.04. The van der Waals surface area contributed by atoms with Crippen LogP contribution in [0.1, 0.15) is 19.4 Å². The van der Waals surface area contributed by atoms with E-state index in [1.165, 1.54) is 0 Å². The number of rotatable bonds is 5. The topological polar surface area (TPSA) is 21.3 Å². The van der Waals surface area contributed by atoms with E-state index >= 15 is 0 Å². The number of benzene rings is 2. The molecule has 1 N–H and O–H groups in total. The molecule has 0 amide bonds. The Hall–Kier alpha value is -1.87. The van der Waals surface area contributed by atoms with Crippen molar-refractivity contribution in [3.8, 4) is 16.9 Å². The summed E-state index contributed by atoms with van der Waals surface area (Å²) in [5.41, 5.74) is 2.36. The Morgan fingerprint density at radius 2 is 1.95 bits per heavy atom. The van der Waals surface area contributed by atoms with Gasteiger partial charge in [0.25, 0.3) is 0 Å². The van der Waals surface area contributed by atoms with E-state index in [0.717, 1.165) is 16.9 Å². The lowest BCUT2D eigenvalue weighted by Gasteiger charge is -2.12. The zero-order valence-corrected chi connectivity index (χ0v) is 12.1. The van der Waals surface area contributed by atoms with Crippen molar-refractivity contribution in [1.82, 2.24) is 5.32 Å². The Balaban J connectivity index is 2.31. The smallest absolute Gasteiger partial charge is 0.131 e. The van der Waals surface area contributed by atoms with Crippen LogP contribution in [0, 0.1) is 5.82 Å². The Kier molecular flexibility index (Phi) is 4.74. The van der Waals surface area contributed by atoms with Crippen molar-refractivity contribution in [2.24, 2.45) is 0 Å². The zero-order valence-electron chi connectivity index (χ0n) is 12.1. The summed E-state index contributed by atoms with van der Waals surface area (Å²) in [6, 6.07) is 12.9. The molecule has 2 aromatic carbocycles. The number of halogens is 1. The van der Waals surface area contributed by atoms with Crippen molar-refractivity contribution in [2.45, 2.75) is 26.5 Å². The second kappa shape index (κ2) is 6.53. The fourth-order valence-corrected chi connectivity index (χ4v) is 2.12. The van der Waals surface area contributed by atoms with Crippen molar-refractivity contribution >= 4 is 0 Å². The molecule has 106 valence electrons. The Bertz CT molecular complexity index is 581. The highest BCUT2D eigenvalue weighted by Crippen LogP contribution is 2.27. The molecule has 0 aliphatic heterocycles. The molecule has 20 heavy (non-hydrogen) atoms. The van der Waals surface area contributed by atoms with Crippen LogP contribution < -0.4 is 10.1 Å². The first kappa shape index (κ1) is 14.5. The first-order chi connectivity index (χ1) is 9.60. The lowest BCUT2D eigenvalue weighted by atomic mass is 10.0. The van der Waals surface area contributed by atoms with E-state index in [1.807, 2.05) is 57.3 Å². The van der Waals surface area contributed by atoms with Gasteiger partial charge in [0, 0.05) is 12.1 Å². The van der Waals surface area contributed by atoms with E-state index in [0.29, 0.717) is 12.1 Å².